The largest absolute Gasteiger partial charge is 0.451 e. The summed E-state index contributed by atoms with van der Waals surface area (Å²) in [6.45, 7) is 2.00. The Morgan fingerprint density at radius 2 is 1.80 bits per heavy atom. The Balaban J connectivity index is 1.71. The first-order chi connectivity index (χ1) is 9.83. The monoisotopic (exact) mass is 273 g/mol. The van der Waals surface area contributed by atoms with Gasteiger partial charge in [0.25, 0.3) is 0 Å². The Morgan fingerprint density at radius 3 is 2.50 bits per heavy atom. The fourth-order valence-electron chi connectivity index (χ4n) is 2.32. The average Bonchev–Trinajstić information content (AvgIpc) is 2.51. The van der Waals surface area contributed by atoms with Gasteiger partial charge in [0.1, 0.15) is 5.82 Å². The van der Waals surface area contributed by atoms with Crippen LogP contribution < -0.4 is 10.1 Å². The van der Waals surface area contributed by atoms with Gasteiger partial charge in [-0.3, -0.25) is 0 Å². The molecule has 0 saturated carbocycles. The van der Waals surface area contributed by atoms with Gasteiger partial charge in [-0.1, -0.05) is 12.1 Å². The minimum Gasteiger partial charge on any atom is -0.451 e. The number of para-hydroxylation sites is 1. The van der Waals surface area contributed by atoms with Crippen LogP contribution in [0, 0.1) is 5.82 Å². The van der Waals surface area contributed by atoms with Crippen molar-refractivity contribution in [2.45, 2.75) is 18.8 Å². The van der Waals surface area contributed by atoms with Gasteiger partial charge in [0.15, 0.2) is 17.3 Å². The lowest BCUT2D eigenvalue weighted by Crippen LogP contribution is -2.27. The van der Waals surface area contributed by atoms with Gasteiger partial charge in [-0.2, -0.15) is 0 Å². The van der Waals surface area contributed by atoms with E-state index < -0.39 is 5.82 Å². The van der Waals surface area contributed by atoms with E-state index in [9.17, 15) is 4.39 Å². The van der Waals surface area contributed by atoms with Crippen LogP contribution in [0.3, 0.4) is 0 Å². The van der Waals surface area contributed by atoms with Crippen molar-refractivity contribution in [2.24, 2.45) is 0 Å². The second-order valence-electron chi connectivity index (χ2n) is 4.83. The van der Waals surface area contributed by atoms with E-state index in [4.69, 9.17) is 4.74 Å². The topological polar surface area (TPSA) is 47.0 Å². The number of aromatic nitrogens is 2. The molecule has 0 unspecified atom stereocenters. The maximum Gasteiger partial charge on any atom is 0.165 e. The smallest absolute Gasteiger partial charge is 0.165 e. The van der Waals surface area contributed by atoms with Crippen LogP contribution in [0.15, 0.2) is 36.7 Å². The molecule has 0 radical (unpaired) electrons. The Bertz CT molecular complexity index is 568. The molecular weight excluding hydrogens is 257 g/mol. The van der Waals surface area contributed by atoms with Crippen LogP contribution in [0.4, 0.5) is 4.39 Å². The molecule has 0 bridgehead atoms. The van der Waals surface area contributed by atoms with Crippen LogP contribution in [-0.2, 0) is 0 Å². The summed E-state index contributed by atoms with van der Waals surface area (Å²) < 4.78 is 18.9. The van der Waals surface area contributed by atoms with Gasteiger partial charge < -0.3 is 10.1 Å². The van der Waals surface area contributed by atoms with Crippen molar-refractivity contribution in [1.82, 2.24) is 15.3 Å². The number of ether oxygens (including phenoxy) is 1. The Kier molecular flexibility index (Phi) is 3.87. The number of hydrogen-bond donors (Lipinski definition) is 1. The first-order valence-corrected chi connectivity index (χ1v) is 6.78. The second kappa shape index (κ2) is 5.96. The SMILES string of the molecule is Fc1ccccc1Oc1cnc(C2CCNCC2)nc1. The number of rotatable bonds is 3. The highest BCUT2D eigenvalue weighted by Crippen LogP contribution is 2.25. The third-order valence-corrected chi connectivity index (χ3v) is 3.42. The number of benzene rings is 1. The molecule has 0 aliphatic carbocycles. The van der Waals surface area contributed by atoms with Gasteiger partial charge in [-0.15, -0.1) is 0 Å². The molecule has 104 valence electrons. The number of halogens is 1. The van der Waals surface area contributed by atoms with Crippen molar-refractivity contribution in [3.05, 3.63) is 48.3 Å². The van der Waals surface area contributed by atoms with Gasteiger partial charge in [-0.25, -0.2) is 14.4 Å². The average molecular weight is 273 g/mol. The molecule has 4 nitrogen and oxygen atoms in total. The molecule has 1 aliphatic rings. The van der Waals surface area contributed by atoms with Crippen LogP contribution >= 0.6 is 0 Å². The minimum absolute atomic E-state index is 0.186. The van der Waals surface area contributed by atoms with Gasteiger partial charge >= 0.3 is 0 Å². The predicted octanol–water partition coefficient (Wildman–Crippen LogP) is 2.88. The summed E-state index contributed by atoms with van der Waals surface area (Å²) in [7, 11) is 0. The lowest BCUT2D eigenvalue weighted by atomic mass is 9.97. The highest BCUT2D eigenvalue weighted by Gasteiger charge is 2.17. The maximum absolute atomic E-state index is 13.5. The summed E-state index contributed by atoms with van der Waals surface area (Å²) in [4.78, 5) is 8.68. The van der Waals surface area contributed by atoms with Gasteiger partial charge in [0.2, 0.25) is 0 Å². The van der Waals surface area contributed by atoms with Crippen LogP contribution in [0.25, 0.3) is 0 Å². The van der Waals surface area contributed by atoms with Crippen LogP contribution in [0.1, 0.15) is 24.6 Å². The number of piperidine rings is 1. The summed E-state index contributed by atoms with van der Waals surface area (Å²) in [5.41, 5.74) is 0. The molecule has 0 spiro atoms. The van der Waals surface area contributed by atoms with Crippen molar-refractivity contribution in [3.63, 3.8) is 0 Å². The van der Waals surface area contributed by atoms with E-state index >= 15 is 0 Å². The molecular formula is C15H16FN3O. The van der Waals surface area contributed by atoms with E-state index in [-0.39, 0.29) is 5.75 Å². The van der Waals surface area contributed by atoms with E-state index in [1.54, 1.807) is 30.6 Å². The maximum atomic E-state index is 13.5. The van der Waals surface area contributed by atoms with Crippen molar-refractivity contribution < 1.29 is 9.13 Å². The number of nitrogens with one attached hydrogen (secondary N) is 1. The minimum atomic E-state index is -0.394. The Morgan fingerprint density at radius 1 is 1.10 bits per heavy atom. The number of hydrogen-bond acceptors (Lipinski definition) is 4. The molecule has 1 aliphatic heterocycles. The van der Waals surface area contributed by atoms with Crippen molar-refractivity contribution >= 4 is 0 Å². The van der Waals surface area contributed by atoms with Crippen LogP contribution in [0.5, 0.6) is 11.5 Å². The fourth-order valence-corrected chi connectivity index (χ4v) is 2.32. The summed E-state index contributed by atoms with van der Waals surface area (Å²) in [5.74, 6) is 1.49. The van der Waals surface area contributed by atoms with E-state index in [0.29, 0.717) is 11.7 Å². The molecule has 1 saturated heterocycles. The molecule has 1 aromatic carbocycles. The van der Waals surface area contributed by atoms with Gasteiger partial charge in [0.05, 0.1) is 12.4 Å². The summed E-state index contributed by atoms with van der Waals surface area (Å²) in [5, 5.41) is 3.31. The lowest BCUT2D eigenvalue weighted by Gasteiger charge is -2.21. The third-order valence-electron chi connectivity index (χ3n) is 3.42. The second-order valence-corrected chi connectivity index (χ2v) is 4.83. The zero-order valence-corrected chi connectivity index (χ0v) is 11.1. The zero-order valence-electron chi connectivity index (χ0n) is 11.1. The highest BCUT2D eigenvalue weighted by molar-refractivity contribution is 5.29. The van der Waals surface area contributed by atoms with E-state index in [0.717, 1.165) is 31.8 Å². The zero-order chi connectivity index (χ0) is 13.8. The number of nitrogens with zero attached hydrogens (tertiary/aromatic N) is 2. The Labute approximate surface area is 117 Å². The highest BCUT2D eigenvalue weighted by atomic mass is 19.1. The molecule has 1 aromatic heterocycles. The molecule has 3 rings (SSSR count). The summed E-state index contributed by atoms with van der Waals surface area (Å²) in [6, 6.07) is 6.29. The molecule has 2 aromatic rings. The van der Waals surface area contributed by atoms with E-state index in [1.165, 1.54) is 6.07 Å². The van der Waals surface area contributed by atoms with Crippen molar-refractivity contribution in [1.29, 1.82) is 0 Å². The molecule has 0 atom stereocenters. The Hall–Kier alpha value is -2.01. The van der Waals surface area contributed by atoms with Crippen LogP contribution in [0.2, 0.25) is 0 Å². The third kappa shape index (κ3) is 2.93. The molecule has 1 fully saturated rings. The molecule has 1 N–H and O–H groups in total. The summed E-state index contributed by atoms with van der Waals surface area (Å²) in [6.07, 6.45) is 5.31. The van der Waals surface area contributed by atoms with Crippen LogP contribution in [-0.4, -0.2) is 23.1 Å². The standard InChI is InChI=1S/C15H16FN3O/c16-13-3-1-2-4-14(13)20-12-9-18-15(19-10-12)11-5-7-17-8-6-11/h1-4,9-11,17H,5-8H2. The quantitative estimate of drug-likeness (QED) is 0.934. The van der Waals surface area contributed by atoms with Crippen molar-refractivity contribution in [2.75, 3.05) is 13.1 Å². The molecule has 2 heterocycles. The van der Waals surface area contributed by atoms with Gasteiger partial charge in [0, 0.05) is 5.92 Å². The van der Waals surface area contributed by atoms with Gasteiger partial charge in [-0.05, 0) is 38.1 Å². The first kappa shape index (κ1) is 13.0. The van der Waals surface area contributed by atoms with E-state index in [2.05, 4.69) is 15.3 Å². The normalized spacial score (nSPS) is 16.1. The lowest BCUT2D eigenvalue weighted by molar-refractivity contribution is 0.427. The molecule has 5 heteroatoms. The molecule has 0 amide bonds. The summed E-state index contributed by atoms with van der Waals surface area (Å²) >= 11 is 0. The predicted molar refractivity (Wildman–Crippen MR) is 73.4 cm³/mol. The molecule has 20 heavy (non-hydrogen) atoms. The fraction of sp³-hybridized carbons (Fsp3) is 0.333. The van der Waals surface area contributed by atoms with E-state index in [1.807, 2.05) is 0 Å². The van der Waals surface area contributed by atoms with Crippen molar-refractivity contribution in [3.8, 4) is 11.5 Å². The first-order valence-electron chi connectivity index (χ1n) is 6.78.